The number of aromatic amines is 1. The van der Waals surface area contributed by atoms with Crippen molar-refractivity contribution in [3.8, 4) is 10.6 Å². The van der Waals surface area contributed by atoms with Crippen LogP contribution in [0, 0.1) is 12.7 Å². The van der Waals surface area contributed by atoms with Crippen LogP contribution in [0.1, 0.15) is 26.4 Å². The second kappa shape index (κ2) is 7.92. The zero-order valence-corrected chi connectivity index (χ0v) is 14.8. The number of nitrogens with one attached hydrogen (secondary N) is 3. The minimum atomic E-state index is -0.425. The van der Waals surface area contributed by atoms with Crippen molar-refractivity contribution in [3.63, 3.8) is 0 Å². The first kappa shape index (κ1) is 17.8. The number of halogens is 1. The number of aryl methyl sites for hydroxylation is 1. The average molecular weight is 372 g/mol. The number of hydrogen-bond donors (Lipinski definition) is 3. The van der Waals surface area contributed by atoms with Crippen LogP contribution in [-0.4, -0.2) is 35.1 Å². The molecule has 0 spiro atoms. The van der Waals surface area contributed by atoms with Gasteiger partial charge in [-0.15, -0.1) is 11.3 Å². The Hall–Kier alpha value is -3.00. The quantitative estimate of drug-likeness (QED) is 0.582. The predicted octanol–water partition coefficient (Wildman–Crippen LogP) is 2.75. The van der Waals surface area contributed by atoms with Crippen LogP contribution in [0.3, 0.4) is 0 Å². The Bertz CT molecular complexity index is 921. The molecule has 0 saturated carbocycles. The van der Waals surface area contributed by atoms with E-state index in [4.69, 9.17) is 0 Å². The first-order chi connectivity index (χ1) is 12.5. The van der Waals surface area contributed by atoms with E-state index < -0.39 is 11.7 Å². The van der Waals surface area contributed by atoms with Crippen LogP contribution >= 0.6 is 11.3 Å². The molecular weight excluding hydrogens is 355 g/mol. The van der Waals surface area contributed by atoms with Gasteiger partial charge in [0.25, 0.3) is 11.8 Å². The molecule has 0 fully saturated rings. The van der Waals surface area contributed by atoms with Crippen molar-refractivity contribution in [1.82, 2.24) is 20.8 Å². The molecular formula is C18H17FN4O2S. The molecule has 2 heterocycles. The van der Waals surface area contributed by atoms with Gasteiger partial charge in [0, 0.05) is 18.7 Å². The molecule has 0 atom stereocenters. The number of hydrogen-bond acceptors (Lipinski definition) is 4. The van der Waals surface area contributed by atoms with E-state index in [1.165, 1.54) is 6.07 Å². The molecule has 0 aliphatic carbocycles. The summed E-state index contributed by atoms with van der Waals surface area (Å²) in [6, 6.07) is 9.83. The summed E-state index contributed by atoms with van der Waals surface area (Å²) in [4.78, 5) is 25.0. The number of H-pyrrole nitrogens is 1. The summed E-state index contributed by atoms with van der Waals surface area (Å²) in [6.07, 6.45) is 0. The van der Waals surface area contributed by atoms with Gasteiger partial charge >= 0.3 is 0 Å². The fourth-order valence-corrected chi connectivity index (χ4v) is 2.97. The van der Waals surface area contributed by atoms with Crippen molar-refractivity contribution in [2.45, 2.75) is 6.92 Å². The molecule has 0 radical (unpaired) electrons. The van der Waals surface area contributed by atoms with E-state index in [9.17, 15) is 14.0 Å². The van der Waals surface area contributed by atoms with Gasteiger partial charge in [0.2, 0.25) is 0 Å². The zero-order chi connectivity index (χ0) is 18.5. The van der Waals surface area contributed by atoms with E-state index in [1.54, 1.807) is 36.5 Å². The number of aromatic nitrogens is 2. The molecule has 0 aliphatic rings. The molecule has 0 bridgehead atoms. The number of nitrogens with zero attached hydrogens (tertiary/aromatic N) is 1. The Balaban J connectivity index is 1.46. The SMILES string of the molecule is Cc1ccc(C(=O)NCCNC(=O)c2cc(-c3cccs3)[nH]n2)cc1F. The molecule has 0 saturated heterocycles. The highest BCUT2D eigenvalue weighted by atomic mass is 32.1. The Morgan fingerprint density at radius 2 is 1.92 bits per heavy atom. The van der Waals surface area contributed by atoms with E-state index in [2.05, 4.69) is 20.8 Å². The van der Waals surface area contributed by atoms with Gasteiger partial charge in [0.05, 0.1) is 10.6 Å². The largest absolute Gasteiger partial charge is 0.350 e. The van der Waals surface area contributed by atoms with E-state index in [1.807, 2.05) is 17.5 Å². The number of thiophene rings is 1. The molecule has 0 aliphatic heterocycles. The number of amides is 2. The van der Waals surface area contributed by atoms with Crippen LogP contribution in [0.2, 0.25) is 0 Å². The summed E-state index contributed by atoms with van der Waals surface area (Å²) in [5.74, 6) is -1.15. The first-order valence-corrected chi connectivity index (χ1v) is 8.84. The Morgan fingerprint density at radius 3 is 2.62 bits per heavy atom. The maximum absolute atomic E-state index is 13.5. The van der Waals surface area contributed by atoms with Gasteiger partial charge in [-0.05, 0) is 42.1 Å². The summed E-state index contributed by atoms with van der Waals surface area (Å²) < 4.78 is 13.5. The topological polar surface area (TPSA) is 86.9 Å². The van der Waals surface area contributed by atoms with E-state index >= 15 is 0 Å². The number of carbonyl (C=O) groups excluding carboxylic acids is 2. The van der Waals surface area contributed by atoms with Crippen LogP contribution in [0.15, 0.2) is 41.8 Å². The molecule has 8 heteroatoms. The van der Waals surface area contributed by atoms with Gasteiger partial charge in [-0.1, -0.05) is 12.1 Å². The molecule has 2 amide bonds. The summed E-state index contributed by atoms with van der Waals surface area (Å²) >= 11 is 1.55. The Kier molecular flexibility index (Phi) is 5.43. The van der Waals surface area contributed by atoms with Gasteiger partial charge in [0.15, 0.2) is 5.69 Å². The van der Waals surface area contributed by atoms with Crippen molar-refractivity contribution >= 4 is 23.2 Å². The molecule has 26 heavy (non-hydrogen) atoms. The van der Waals surface area contributed by atoms with Crippen molar-refractivity contribution in [2.24, 2.45) is 0 Å². The van der Waals surface area contributed by atoms with Crippen molar-refractivity contribution in [2.75, 3.05) is 13.1 Å². The molecule has 6 nitrogen and oxygen atoms in total. The highest BCUT2D eigenvalue weighted by Gasteiger charge is 2.12. The molecule has 134 valence electrons. The van der Waals surface area contributed by atoms with Crippen LogP contribution < -0.4 is 10.6 Å². The van der Waals surface area contributed by atoms with E-state index in [-0.39, 0.29) is 30.3 Å². The number of rotatable bonds is 6. The van der Waals surface area contributed by atoms with Crippen molar-refractivity contribution in [1.29, 1.82) is 0 Å². The zero-order valence-electron chi connectivity index (χ0n) is 14.0. The van der Waals surface area contributed by atoms with Gasteiger partial charge < -0.3 is 10.6 Å². The van der Waals surface area contributed by atoms with Gasteiger partial charge in [-0.2, -0.15) is 5.10 Å². The predicted molar refractivity (Wildman–Crippen MR) is 97.7 cm³/mol. The lowest BCUT2D eigenvalue weighted by Gasteiger charge is -2.07. The van der Waals surface area contributed by atoms with Gasteiger partial charge in [-0.3, -0.25) is 14.7 Å². The number of carbonyl (C=O) groups is 2. The normalized spacial score (nSPS) is 10.5. The Morgan fingerprint density at radius 1 is 1.15 bits per heavy atom. The first-order valence-electron chi connectivity index (χ1n) is 7.96. The number of benzene rings is 1. The summed E-state index contributed by atoms with van der Waals surface area (Å²) in [7, 11) is 0. The maximum Gasteiger partial charge on any atom is 0.271 e. The summed E-state index contributed by atoms with van der Waals surface area (Å²) in [5, 5.41) is 14.1. The lowest BCUT2D eigenvalue weighted by molar-refractivity contribution is 0.0925. The minimum Gasteiger partial charge on any atom is -0.350 e. The highest BCUT2D eigenvalue weighted by Crippen LogP contribution is 2.22. The highest BCUT2D eigenvalue weighted by molar-refractivity contribution is 7.13. The molecule has 2 aromatic heterocycles. The monoisotopic (exact) mass is 372 g/mol. The summed E-state index contributed by atoms with van der Waals surface area (Å²) in [5.41, 5.74) is 1.78. The molecule has 3 N–H and O–H groups in total. The second-order valence-electron chi connectivity index (χ2n) is 5.62. The van der Waals surface area contributed by atoms with E-state index in [0.29, 0.717) is 5.56 Å². The van der Waals surface area contributed by atoms with Gasteiger partial charge in [0.1, 0.15) is 5.82 Å². The Labute approximate surface area is 153 Å². The molecule has 3 rings (SSSR count). The van der Waals surface area contributed by atoms with Crippen molar-refractivity contribution in [3.05, 3.63) is 64.4 Å². The van der Waals surface area contributed by atoms with Crippen LogP contribution in [0.25, 0.3) is 10.6 Å². The molecule has 1 aromatic carbocycles. The third-order valence-corrected chi connectivity index (χ3v) is 4.63. The summed E-state index contributed by atoms with van der Waals surface area (Å²) in [6.45, 7) is 2.09. The second-order valence-corrected chi connectivity index (χ2v) is 6.57. The standard InChI is InChI=1S/C18H17FN4O2S/c1-11-4-5-12(9-13(11)19)17(24)20-6-7-21-18(25)15-10-14(22-23-15)16-3-2-8-26-16/h2-5,8-10H,6-7H2,1H3,(H,20,24)(H,21,25)(H,22,23). The van der Waals surface area contributed by atoms with Crippen LogP contribution in [-0.2, 0) is 0 Å². The fourth-order valence-electron chi connectivity index (χ4n) is 2.27. The maximum atomic E-state index is 13.5. The third-order valence-electron chi connectivity index (χ3n) is 3.73. The fraction of sp³-hybridized carbons (Fsp3) is 0.167. The third kappa shape index (κ3) is 4.15. The minimum absolute atomic E-state index is 0.224. The molecule has 3 aromatic rings. The average Bonchev–Trinajstić information content (AvgIpc) is 3.31. The van der Waals surface area contributed by atoms with E-state index in [0.717, 1.165) is 10.6 Å². The lowest BCUT2D eigenvalue weighted by Crippen LogP contribution is -2.34. The van der Waals surface area contributed by atoms with Crippen LogP contribution in [0.4, 0.5) is 4.39 Å². The molecule has 0 unspecified atom stereocenters. The lowest BCUT2D eigenvalue weighted by atomic mass is 10.1. The van der Waals surface area contributed by atoms with Crippen molar-refractivity contribution < 1.29 is 14.0 Å². The van der Waals surface area contributed by atoms with Crippen LogP contribution in [0.5, 0.6) is 0 Å². The smallest absolute Gasteiger partial charge is 0.271 e. The van der Waals surface area contributed by atoms with Gasteiger partial charge in [-0.25, -0.2) is 4.39 Å².